The van der Waals surface area contributed by atoms with Crippen LogP contribution in [-0.2, 0) is 23.0 Å². The van der Waals surface area contributed by atoms with Crippen molar-refractivity contribution in [1.29, 1.82) is 0 Å². The number of hydrogen-bond acceptors (Lipinski definition) is 5. The van der Waals surface area contributed by atoms with Gasteiger partial charge in [-0.15, -0.1) is 0 Å². The average molecular weight is 442 g/mol. The summed E-state index contributed by atoms with van der Waals surface area (Å²) in [6.07, 6.45) is 2.33. The number of oxazole rings is 1. The number of rotatable bonds is 8. The highest BCUT2D eigenvalue weighted by Gasteiger charge is 2.08. The highest BCUT2D eigenvalue weighted by atomic mass is 32.2. The molecule has 0 saturated carbocycles. The van der Waals surface area contributed by atoms with Gasteiger partial charge < -0.3 is 15.1 Å². The lowest BCUT2D eigenvalue weighted by molar-refractivity contribution is 0.572. The second-order valence-electron chi connectivity index (χ2n) is 7.07. The molecule has 2 aromatic carbocycles. The second-order valence-corrected chi connectivity index (χ2v) is 8.63. The zero-order valence-corrected chi connectivity index (χ0v) is 18.4. The van der Waals surface area contributed by atoms with E-state index in [1.54, 1.807) is 18.4 Å². The summed E-state index contributed by atoms with van der Waals surface area (Å²) in [7, 11) is -3.67. The molecule has 0 bridgehead atoms. The number of guanidine groups is 1. The zero-order chi connectivity index (χ0) is 22.3. The van der Waals surface area contributed by atoms with E-state index in [1.165, 1.54) is 17.7 Å². The maximum Gasteiger partial charge on any atom is 0.238 e. The van der Waals surface area contributed by atoms with E-state index >= 15 is 0 Å². The largest absolute Gasteiger partial charge is 0.444 e. The molecule has 0 spiro atoms. The lowest BCUT2D eigenvalue weighted by atomic mass is 10.1. The molecule has 0 aliphatic heterocycles. The molecular weight excluding hydrogens is 414 g/mol. The SMILES string of the molecule is CCNC(=NCc1coc(-c2ccc(C)cc2)n1)NCCc1ccc(S(N)(=O)=O)cc1. The fourth-order valence-corrected chi connectivity index (χ4v) is 3.40. The summed E-state index contributed by atoms with van der Waals surface area (Å²) in [6.45, 7) is 5.77. The van der Waals surface area contributed by atoms with Crippen LogP contribution >= 0.6 is 0 Å². The van der Waals surface area contributed by atoms with Crippen molar-refractivity contribution in [2.75, 3.05) is 13.1 Å². The highest BCUT2D eigenvalue weighted by molar-refractivity contribution is 7.89. The third-order valence-electron chi connectivity index (χ3n) is 4.55. The molecule has 0 radical (unpaired) electrons. The van der Waals surface area contributed by atoms with Crippen molar-refractivity contribution in [3.63, 3.8) is 0 Å². The molecule has 4 N–H and O–H groups in total. The first-order valence-corrected chi connectivity index (χ1v) is 11.5. The van der Waals surface area contributed by atoms with Crippen molar-refractivity contribution < 1.29 is 12.8 Å². The number of nitrogens with one attached hydrogen (secondary N) is 2. The fourth-order valence-electron chi connectivity index (χ4n) is 2.88. The number of hydrogen-bond donors (Lipinski definition) is 3. The predicted octanol–water partition coefficient (Wildman–Crippen LogP) is 2.60. The van der Waals surface area contributed by atoms with Gasteiger partial charge in [0, 0.05) is 18.7 Å². The van der Waals surface area contributed by atoms with Crippen LogP contribution in [0.4, 0.5) is 0 Å². The van der Waals surface area contributed by atoms with Gasteiger partial charge in [-0.3, -0.25) is 0 Å². The van der Waals surface area contributed by atoms with Crippen LogP contribution in [0.3, 0.4) is 0 Å². The van der Waals surface area contributed by atoms with Gasteiger partial charge in [0.2, 0.25) is 15.9 Å². The molecule has 0 unspecified atom stereocenters. The standard InChI is InChI=1S/C22H27N5O3S/c1-3-24-22(25-13-12-17-6-10-20(11-7-17)31(23,28)29)26-14-19-15-30-21(27-19)18-8-4-16(2)5-9-18/h4-11,15H,3,12-14H2,1-2H3,(H2,23,28,29)(H2,24,25,26). The van der Waals surface area contributed by atoms with Crippen LogP contribution in [0.25, 0.3) is 11.5 Å². The normalized spacial score (nSPS) is 12.0. The number of sulfonamides is 1. The molecule has 9 heteroatoms. The molecule has 1 heterocycles. The van der Waals surface area contributed by atoms with E-state index in [-0.39, 0.29) is 4.90 Å². The Labute approximate surface area is 182 Å². The molecule has 0 fully saturated rings. The number of aromatic nitrogens is 1. The zero-order valence-electron chi connectivity index (χ0n) is 17.6. The first-order chi connectivity index (χ1) is 14.8. The summed E-state index contributed by atoms with van der Waals surface area (Å²) in [6, 6.07) is 14.5. The summed E-state index contributed by atoms with van der Waals surface area (Å²) >= 11 is 0. The Bertz CT molecular complexity index is 1120. The summed E-state index contributed by atoms with van der Waals surface area (Å²) in [4.78, 5) is 9.18. The minimum Gasteiger partial charge on any atom is -0.444 e. The summed E-state index contributed by atoms with van der Waals surface area (Å²) in [5, 5.41) is 11.6. The average Bonchev–Trinajstić information content (AvgIpc) is 3.21. The maximum absolute atomic E-state index is 11.3. The van der Waals surface area contributed by atoms with Crippen molar-refractivity contribution in [3.8, 4) is 11.5 Å². The van der Waals surface area contributed by atoms with Gasteiger partial charge in [0.05, 0.1) is 11.4 Å². The molecule has 0 aliphatic rings. The van der Waals surface area contributed by atoms with Gasteiger partial charge in [0.25, 0.3) is 0 Å². The van der Waals surface area contributed by atoms with Gasteiger partial charge in [0.1, 0.15) is 12.0 Å². The Morgan fingerprint density at radius 1 is 1.10 bits per heavy atom. The van der Waals surface area contributed by atoms with E-state index in [1.807, 2.05) is 38.1 Å². The van der Waals surface area contributed by atoms with E-state index in [2.05, 4.69) is 20.6 Å². The van der Waals surface area contributed by atoms with Crippen LogP contribution < -0.4 is 15.8 Å². The smallest absolute Gasteiger partial charge is 0.238 e. The highest BCUT2D eigenvalue weighted by Crippen LogP contribution is 2.19. The van der Waals surface area contributed by atoms with Gasteiger partial charge in [-0.2, -0.15) is 0 Å². The molecule has 164 valence electrons. The minimum absolute atomic E-state index is 0.108. The van der Waals surface area contributed by atoms with Gasteiger partial charge in [-0.25, -0.2) is 23.5 Å². The molecule has 0 amide bonds. The van der Waals surface area contributed by atoms with E-state index in [0.29, 0.717) is 31.4 Å². The molecule has 8 nitrogen and oxygen atoms in total. The first-order valence-electron chi connectivity index (χ1n) is 10.0. The van der Waals surface area contributed by atoms with E-state index in [9.17, 15) is 8.42 Å². The molecule has 0 aliphatic carbocycles. The quantitative estimate of drug-likeness (QED) is 0.365. The van der Waals surface area contributed by atoms with Crippen molar-refractivity contribution >= 4 is 16.0 Å². The van der Waals surface area contributed by atoms with Gasteiger partial charge in [-0.1, -0.05) is 29.8 Å². The Morgan fingerprint density at radius 3 is 2.45 bits per heavy atom. The predicted molar refractivity (Wildman–Crippen MR) is 121 cm³/mol. The number of nitrogens with two attached hydrogens (primary N) is 1. The monoisotopic (exact) mass is 441 g/mol. The van der Waals surface area contributed by atoms with Crippen LogP contribution in [0.15, 0.2) is 69.1 Å². The Hall–Kier alpha value is -3.17. The number of aliphatic imine (C=N–C) groups is 1. The van der Waals surface area contributed by atoms with Crippen LogP contribution in [0, 0.1) is 6.92 Å². The second kappa shape index (κ2) is 10.2. The van der Waals surface area contributed by atoms with Crippen molar-refractivity contribution in [2.24, 2.45) is 10.1 Å². The number of primary sulfonamides is 1. The first kappa shape index (κ1) is 22.5. The maximum atomic E-state index is 11.3. The van der Waals surface area contributed by atoms with E-state index < -0.39 is 10.0 Å². The van der Waals surface area contributed by atoms with E-state index in [0.717, 1.165) is 23.4 Å². The Kier molecular flexibility index (Phi) is 7.43. The van der Waals surface area contributed by atoms with E-state index in [4.69, 9.17) is 9.56 Å². The lowest BCUT2D eigenvalue weighted by Gasteiger charge is -2.11. The lowest BCUT2D eigenvalue weighted by Crippen LogP contribution is -2.38. The third kappa shape index (κ3) is 6.66. The molecule has 0 atom stereocenters. The van der Waals surface area contributed by atoms with Crippen molar-refractivity contribution in [1.82, 2.24) is 15.6 Å². The van der Waals surface area contributed by atoms with Crippen LogP contribution in [0.5, 0.6) is 0 Å². The Morgan fingerprint density at radius 2 is 1.81 bits per heavy atom. The van der Waals surface area contributed by atoms with Gasteiger partial charge in [-0.05, 0) is 50.1 Å². The van der Waals surface area contributed by atoms with Crippen LogP contribution in [0.1, 0.15) is 23.7 Å². The molecule has 0 saturated heterocycles. The summed E-state index contributed by atoms with van der Waals surface area (Å²) in [5.74, 6) is 1.25. The van der Waals surface area contributed by atoms with Gasteiger partial charge >= 0.3 is 0 Å². The van der Waals surface area contributed by atoms with Crippen molar-refractivity contribution in [2.45, 2.75) is 31.7 Å². The molecule has 3 rings (SSSR count). The molecule has 3 aromatic rings. The Balaban J connectivity index is 1.56. The summed E-state index contributed by atoms with van der Waals surface area (Å²) in [5.41, 5.74) is 3.85. The van der Waals surface area contributed by atoms with Crippen LogP contribution in [0.2, 0.25) is 0 Å². The number of aryl methyl sites for hydroxylation is 1. The number of benzene rings is 2. The fraction of sp³-hybridized carbons (Fsp3) is 0.273. The minimum atomic E-state index is -3.67. The summed E-state index contributed by atoms with van der Waals surface area (Å²) < 4.78 is 28.2. The molecule has 1 aromatic heterocycles. The van der Waals surface area contributed by atoms with Crippen molar-refractivity contribution in [3.05, 3.63) is 71.6 Å². The molecule has 31 heavy (non-hydrogen) atoms. The number of nitrogens with zero attached hydrogens (tertiary/aromatic N) is 2. The topological polar surface area (TPSA) is 123 Å². The van der Waals surface area contributed by atoms with Gasteiger partial charge in [0.15, 0.2) is 5.96 Å². The molecular formula is C22H27N5O3S. The van der Waals surface area contributed by atoms with Crippen LogP contribution in [-0.4, -0.2) is 32.5 Å². The third-order valence-corrected chi connectivity index (χ3v) is 5.48.